The second kappa shape index (κ2) is 6.53. The monoisotopic (exact) mass is 314 g/mol. The second-order valence-corrected chi connectivity index (χ2v) is 5.23. The van der Waals surface area contributed by atoms with Gasteiger partial charge in [-0.2, -0.15) is 8.42 Å². The molecular weight excluding hydrogens is 300 g/mol. The van der Waals surface area contributed by atoms with Gasteiger partial charge in [-0.1, -0.05) is 12.1 Å². The van der Waals surface area contributed by atoms with Gasteiger partial charge in [0.05, 0.1) is 12.7 Å². The Morgan fingerprint density at radius 3 is 2.19 bits per heavy atom. The summed E-state index contributed by atoms with van der Waals surface area (Å²) in [5.74, 6) is -0.800. The van der Waals surface area contributed by atoms with Gasteiger partial charge in [0.2, 0.25) is 0 Å². The number of carbonyl (C=O) groups is 1. The zero-order valence-corrected chi connectivity index (χ0v) is 12.1. The minimum Gasteiger partial charge on any atom is -0.508 e. The summed E-state index contributed by atoms with van der Waals surface area (Å²) in [5.41, 5.74) is 0.948. The zero-order chi connectivity index (χ0) is 16.2. The van der Waals surface area contributed by atoms with Crippen LogP contribution in [-0.2, 0) is 14.6 Å². The first-order valence-electron chi connectivity index (χ1n) is 5.64. The molecular formula is C13H14O7S. The van der Waals surface area contributed by atoms with E-state index in [1.165, 1.54) is 0 Å². The van der Waals surface area contributed by atoms with Crippen molar-refractivity contribution in [1.82, 2.24) is 0 Å². The molecule has 3 N–H and O–H groups in total. The van der Waals surface area contributed by atoms with Crippen LogP contribution in [0.3, 0.4) is 0 Å². The smallest absolute Gasteiger partial charge is 0.397 e. The van der Waals surface area contributed by atoms with Crippen LogP contribution < -0.4 is 0 Å². The molecule has 0 saturated heterocycles. The summed E-state index contributed by atoms with van der Waals surface area (Å²) in [6, 6.07) is 8.25. The topological polar surface area (TPSA) is 121 Å². The maximum Gasteiger partial charge on any atom is 0.397 e. The van der Waals surface area contributed by atoms with Gasteiger partial charge in [0.1, 0.15) is 5.75 Å². The SMILES string of the molecule is COS(=O)(=O)O.Cc1c(C(=O)O)ccc2ccc(O)cc12. The van der Waals surface area contributed by atoms with Gasteiger partial charge >= 0.3 is 16.4 Å². The van der Waals surface area contributed by atoms with E-state index in [4.69, 9.17) is 9.66 Å². The molecule has 8 heteroatoms. The molecule has 21 heavy (non-hydrogen) atoms. The maximum absolute atomic E-state index is 10.9. The third kappa shape index (κ3) is 4.71. The lowest BCUT2D eigenvalue weighted by Gasteiger charge is -2.06. The van der Waals surface area contributed by atoms with Crippen molar-refractivity contribution in [1.29, 1.82) is 0 Å². The van der Waals surface area contributed by atoms with Gasteiger partial charge < -0.3 is 10.2 Å². The van der Waals surface area contributed by atoms with Crippen LogP contribution in [0, 0.1) is 6.92 Å². The largest absolute Gasteiger partial charge is 0.508 e. The maximum atomic E-state index is 10.9. The molecule has 0 saturated carbocycles. The van der Waals surface area contributed by atoms with E-state index < -0.39 is 16.4 Å². The van der Waals surface area contributed by atoms with Gasteiger partial charge in [-0.3, -0.25) is 8.74 Å². The van der Waals surface area contributed by atoms with Crippen molar-refractivity contribution < 1.29 is 32.2 Å². The average molecular weight is 314 g/mol. The lowest BCUT2D eigenvalue weighted by atomic mass is 10.00. The molecule has 0 spiro atoms. The van der Waals surface area contributed by atoms with Crippen LogP contribution in [0.15, 0.2) is 30.3 Å². The van der Waals surface area contributed by atoms with E-state index in [0.717, 1.165) is 17.9 Å². The molecule has 0 fully saturated rings. The van der Waals surface area contributed by atoms with E-state index in [-0.39, 0.29) is 11.3 Å². The van der Waals surface area contributed by atoms with Gasteiger partial charge in [-0.25, -0.2) is 4.79 Å². The number of phenolic OH excluding ortho intramolecular Hbond substituents is 1. The number of fused-ring (bicyclic) bond motifs is 1. The highest BCUT2D eigenvalue weighted by Gasteiger charge is 2.09. The summed E-state index contributed by atoms with van der Waals surface area (Å²) >= 11 is 0. The van der Waals surface area contributed by atoms with Crippen molar-refractivity contribution in [3.8, 4) is 5.75 Å². The minimum absolute atomic E-state index is 0.146. The van der Waals surface area contributed by atoms with Gasteiger partial charge in [0.15, 0.2) is 0 Å². The molecule has 0 heterocycles. The molecule has 0 unspecified atom stereocenters. The van der Waals surface area contributed by atoms with Crippen molar-refractivity contribution in [3.05, 3.63) is 41.5 Å². The molecule has 2 rings (SSSR count). The Hall–Kier alpha value is -2.16. The lowest BCUT2D eigenvalue weighted by Crippen LogP contribution is -1.99. The van der Waals surface area contributed by atoms with Gasteiger partial charge in [-0.05, 0) is 41.5 Å². The Bertz CT molecular complexity index is 765. The number of carboxylic acids is 1. The number of hydrogen-bond donors (Lipinski definition) is 3. The van der Waals surface area contributed by atoms with Crippen LogP contribution in [0.2, 0.25) is 0 Å². The van der Waals surface area contributed by atoms with Crippen LogP contribution in [0.1, 0.15) is 15.9 Å². The van der Waals surface area contributed by atoms with E-state index in [9.17, 15) is 18.3 Å². The normalized spacial score (nSPS) is 10.8. The Morgan fingerprint density at radius 2 is 1.71 bits per heavy atom. The second-order valence-electron chi connectivity index (χ2n) is 4.04. The third-order valence-electron chi connectivity index (χ3n) is 2.72. The first-order valence-corrected chi connectivity index (χ1v) is 7.01. The standard InChI is InChI=1S/C12H10O3.CH4O4S/c1-7-10(12(14)15)5-3-8-2-4-9(13)6-11(7)8;1-5-6(2,3)4/h2-6,13H,1H3,(H,14,15);1H3,(H,2,3,4). The Morgan fingerprint density at radius 1 is 1.19 bits per heavy atom. The first kappa shape index (κ1) is 16.9. The Kier molecular flexibility index (Phi) is 5.25. The predicted octanol–water partition coefficient (Wildman–Crippen LogP) is 1.99. The number of rotatable bonds is 2. The summed E-state index contributed by atoms with van der Waals surface area (Å²) in [6.45, 7) is 1.74. The summed E-state index contributed by atoms with van der Waals surface area (Å²) < 4.78 is 29.7. The van der Waals surface area contributed by atoms with Crippen LogP contribution in [0.5, 0.6) is 5.75 Å². The molecule has 2 aromatic carbocycles. The first-order chi connectivity index (χ1) is 9.65. The summed E-state index contributed by atoms with van der Waals surface area (Å²) in [7, 11) is -3.29. The summed E-state index contributed by atoms with van der Waals surface area (Å²) in [5, 5.41) is 20.0. The highest BCUT2D eigenvalue weighted by atomic mass is 32.3. The molecule has 0 aliphatic rings. The summed E-state index contributed by atoms with van der Waals surface area (Å²) in [4.78, 5) is 10.9. The van der Waals surface area contributed by atoms with Crippen molar-refractivity contribution in [2.45, 2.75) is 6.92 Å². The lowest BCUT2D eigenvalue weighted by molar-refractivity contribution is 0.0696. The number of phenols is 1. The molecule has 0 bridgehead atoms. The van der Waals surface area contributed by atoms with Crippen molar-refractivity contribution >= 4 is 27.1 Å². The minimum atomic E-state index is -4.16. The van der Waals surface area contributed by atoms with Crippen LogP contribution >= 0.6 is 0 Å². The van der Waals surface area contributed by atoms with E-state index in [1.807, 2.05) is 0 Å². The number of aromatic hydroxyl groups is 1. The highest BCUT2D eigenvalue weighted by Crippen LogP contribution is 2.25. The van der Waals surface area contributed by atoms with Crippen molar-refractivity contribution in [3.63, 3.8) is 0 Å². The molecule has 2 aromatic rings. The third-order valence-corrected chi connectivity index (χ3v) is 3.14. The van der Waals surface area contributed by atoms with Crippen LogP contribution in [0.4, 0.5) is 0 Å². The Labute approximate surface area is 121 Å². The van der Waals surface area contributed by atoms with E-state index >= 15 is 0 Å². The zero-order valence-electron chi connectivity index (χ0n) is 11.3. The Balaban J connectivity index is 0.000000315. The fourth-order valence-electron chi connectivity index (χ4n) is 1.69. The van der Waals surface area contributed by atoms with Gasteiger partial charge in [0.25, 0.3) is 0 Å². The van der Waals surface area contributed by atoms with E-state index in [2.05, 4.69) is 4.18 Å². The number of carboxylic acid groups (broad SMARTS) is 1. The number of benzene rings is 2. The van der Waals surface area contributed by atoms with Crippen LogP contribution in [0.25, 0.3) is 10.8 Å². The number of aryl methyl sites for hydroxylation is 1. The molecule has 0 aromatic heterocycles. The van der Waals surface area contributed by atoms with E-state index in [1.54, 1.807) is 37.3 Å². The highest BCUT2D eigenvalue weighted by molar-refractivity contribution is 7.80. The fourth-order valence-corrected chi connectivity index (χ4v) is 1.69. The van der Waals surface area contributed by atoms with Gasteiger partial charge in [0, 0.05) is 0 Å². The van der Waals surface area contributed by atoms with Crippen LogP contribution in [-0.4, -0.2) is 36.3 Å². The molecule has 0 atom stereocenters. The quantitative estimate of drug-likeness (QED) is 0.725. The van der Waals surface area contributed by atoms with Crippen molar-refractivity contribution in [2.75, 3.05) is 7.11 Å². The molecule has 7 nitrogen and oxygen atoms in total. The molecule has 0 aliphatic carbocycles. The molecule has 114 valence electrons. The number of aromatic carboxylic acids is 1. The molecule has 0 radical (unpaired) electrons. The molecule has 0 aliphatic heterocycles. The summed E-state index contributed by atoms with van der Waals surface area (Å²) in [6.07, 6.45) is 0. The predicted molar refractivity (Wildman–Crippen MR) is 75.9 cm³/mol. The average Bonchev–Trinajstić information content (AvgIpc) is 2.39. The van der Waals surface area contributed by atoms with E-state index in [0.29, 0.717) is 5.56 Å². The number of hydrogen-bond acceptors (Lipinski definition) is 5. The van der Waals surface area contributed by atoms with Gasteiger partial charge in [-0.15, -0.1) is 0 Å². The van der Waals surface area contributed by atoms with Crippen molar-refractivity contribution in [2.24, 2.45) is 0 Å². The molecule has 0 amide bonds. The fraction of sp³-hybridized carbons (Fsp3) is 0.154.